The summed E-state index contributed by atoms with van der Waals surface area (Å²) >= 11 is 0. The van der Waals surface area contributed by atoms with Crippen LogP contribution in [0.4, 0.5) is 5.69 Å². The number of carbonyl (C=O) groups excluding carboxylic acids is 1. The Morgan fingerprint density at radius 2 is 1.72 bits per heavy atom. The van der Waals surface area contributed by atoms with E-state index in [-0.39, 0.29) is 12.5 Å². The van der Waals surface area contributed by atoms with Crippen LogP contribution >= 0.6 is 0 Å². The molecule has 2 aromatic rings. The van der Waals surface area contributed by atoms with Gasteiger partial charge >= 0.3 is 0 Å². The van der Waals surface area contributed by atoms with Gasteiger partial charge in [-0.3, -0.25) is 4.79 Å². The van der Waals surface area contributed by atoms with Crippen molar-refractivity contribution >= 4 is 17.7 Å². The summed E-state index contributed by atoms with van der Waals surface area (Å²) in [6, 6.07) is 10.9. The van der Waals surface area contributed by atoms with Crippen molar-refractivity contribution in [3.05, 3.63) is 47.5 Å². The first kappa shape index (κ1) is 16.7. The third-order valence-electron chi connectivity index (χ3n) is 3.85. The van der Waals surface area contributed by atoms with Crippen LogP contribution in [0.5, 0.6) is 23.0 Å². The molecule has 0 saturated carbocycles. The van der Waals surface area contributed by atoms with Crippen molar-refractivity contribution in [2.45, 2.75) is 0 Å². The topological polar surface area (TPSA) is 66.0 Å². The molecule has 1 aliphatic rings. The van der Waals surface area contributed by atoms with E-state index in [1.54, 1.807) is 12.1 Å². The second-order valence-corrected chi connectivity index (χ2v) is 5.36. The monoisotopic (exact) mass is 341 g/mol. The summed E-state index contributed by atoms with van der Waals surface area (Å²) in [5, 5.41) is 2.84. The van der Waals surface area contributed by atoms with Gasteiger partial charge in [-0.05, 0) is 12.1 Å². The van der Waals surface area contributed by atoms with Crippen molar-refractivity contribution in [3.63, 3.8) is 0 Å². The van der Waals surface area contributed by atoms with Crippen molar-refractivity contribution in [2.75, 3.05) is 33.3 Å². The van der Waals surface area contributed by atoms with Crippen LogP contribution in [0.25, 0.3) is 6.08 Å². The van der Waals surface area contributed by atoms with Gasteiger partial charge in [0.2, 0.25) is 5.75 Å². The Labute approximate surface area is 146 Å². The molecular weight excluding hydrogens is 322 g/mol. The average Bonchev–Trinajstić information content (AvgIpc) is 2.66. The SMILES string of the molecule is COc1cc(NC(=O)C2=Cc3ccccc3OC2)cc(OC)c1OC. The minimum Gasteiger partial charge on any atom is -0.493 e. The van der Waals surface area contributed by atoms with Gasteiger partial charge in [0.1, 0.15) is 12.4 Å². The van der Waals surface area contributed by atoms with E-state index in [1.807, 2.05) is 30.3 Å². The lowest BCUT2D eigenvalue weighted by Crippen LogP contribution is -2.21. The zero-order chi connectivity index (χ0) is 17.8. The maximum Gasteiger partial charge on any atom is 0.255 e. The van der Waals surface area contributed by atoms with Crippen LogP contribution in [-0.4, -0.2) is 33.8 Å². The molecule has 0 bridgehead atoms. The molecule has 0 radical (unpaired) electrons. The summed E-state index contributed by atoms with van der Waals surface area (Å²) < 4.78 is 21.5. The molecule has 0 aliphatic carbocycles. The normalized spacial score (nSPS) is 12.4. The molecular formula is C19H19NO5. The van der Waals surface area contributed by atoms with E-state index >= 15 is 0 Å². The first-order valence-electron chi connectivity index (χ1n) is 7.70. The first-order chi connectivity index (χ1) is 12.2. The Morgan fingerprint density at radius 3 is 2.36 bits per heavy atom. The third kappa shape index (κ3) is 3.38. The number of carbonyl (C=O) groups is 1. The summed E-state index contributed by atoms with van der Waals surface area (Å²) in [6.45, 7) is 0.216. The number of benzene rings is 2. The highest BCUT2D eigenvalue weighted by Crippen LogP contribution is 2.40. The quantitative estimate of drug-likeness (QED) is 0.905. The summed E-state index contributed by atoms with van der Waals surface area (Å²) in [4.78, 5) is 12.6. The minimum absolute atomic E-state index is 0.216. The molecule has 0 unspecified atom stereocenters. The lowest BCUT2D eigenvalue weighted by atomic mass is 10.1. The largest absolute Gasteiger partial charge is 0.493 e. The van der Waals surface area contributed by atoms with E-state index < -0.39 is 0 Å². The molecule has 0 aromatic heterocycles. The number of amides is 1. The number of methoxy groups -OCH3 is 3. The second-order valence-electron chi connectivity index (χ2n) is 5.36. The van der Waals surface area contributed by atoms with Gasteiger partial charge in [0.05, 0.1) is 26.9 Å². The van der Waals surface area contributed by atoms with Crippen LogP contribution in [-0.2, 0) is 4.79 Å². The van der Waals surface area contributed by atoms with Gasteiger partial charge in [0.15, 0.2) is 11.5 Å². The summed E-state index contributed by atoms with van der Waals surface area (Å²) in [5.74, 6) is 1.93. The van der Waals surface area contributed by atoms with Crippen molar-refractivity contribution in [1.82, 2.24) is 0 Å². The smallest absolute Gasteiger partial charge is 0.255 e. The molecule has 25 heavy (non-hydrogen) atoms. The van der Waals surface area contributed by atoms with Crippen molar-refractivity contribution in [3.8, 4) is 23.0 Å². The van der Waals surface area contributed by atoms with Crippen LogP contribution in [0, 0.1) is 0 Å². The Bertz CT molecular complexity index is 803. The average molecular weight is 341 g/mol. The molecule has 0 atom stereocenters. The van der Waals surface area contributed by atoms with Crippen LogP contribution in [0.3, 0.4) is 0 Å². The fourth-order valence-electron chi connectivity index (χ4n) is 2.61. The lowest BCUT2D eigenvalue weighted by Gasteiger charge is -2.18. The number of hydrogen-bond acceptors (Lipinski definition) is 5. The molecule has 0 saturated heterocycles. The van der Waals surface area contributed by atoms with Crippen molar-refractivity contribution in [2.24, 2.45) is 0 Å². The molecule has 3 rings (SSSR count). The molecule has 6 heteroatoms. The molecule has 1 aliphatic heterocycles. The van der Waals surface area contributed by atoms with Gasteiger partial charge < -0.3 is 24.3 Å². The van der Waals surface area contributed by atoms with Crippen LogP contribution in [0.15, 0.2) is 42.0 Å². The molecule has 0 fully saturated rings. The number of ether oxygens (including phenoxy) is 4. The van der Waals surface area contributed by atoms with E-state index in [4.69, 9.17) is 18.9 Å². The zero-order valence-corrected chi connectivity index (χ0v) is 14.3. The molecule has 1 heterocycles. The fourth-order valence-corrected chi connectivity index (χ4v) is 2.61. The summed E-state index contributed by atoms with van der Waals surface area (Å²) in [7, 11) is 4.58. The zero-order valence-electron chi connectivity index (χ0n) is 14.3. The first-order valence-corrected chi connectivity index (χ1v) is 7.70. The molecule has 0 spiro atoms. The maximum absolute atomic E-state index is 12.6. The maximum atomic E-state index is 12.6. The van der Waals surface area contributed by atoms with E-state index in [2.05, 4.69) is 5.32 Å². The predicted molar refractivity (Wildman–Crippen MR) is 94.6 cm³/mol. The van der Waals surface area contributed by atoms with Crippen molar-refractivity contribution < 1.29 is 23.7 Å². The Balaban J connectivity index is 1.85. The highest BCUT2D eigenvalue weighted by molar-refractivity contribution is 6.07. The molecule has 1 N–H and O–H groups in total. The number of hydrogen-bond donors (Lipinski definition) is 1. The van der Waals surface area contributed by atoms with Gasteiger partial charge in [0, 0.05) is 23.4 Å². The van der Waals surface area contributed by atoms with E-state index in [1.165, 1.54) is 21.3 Å². The minimum atomic E-state index is -0.247. The Morgan fingerprint density at radius 1 is 1.04 bits per heavy atom. The number of para-hydroxylation sites is 1. The summed E-state index contributed by atoms with van der Waals surface area (Å²) in [5.41, 5.74) is 1.95. The standard InChI is InChI=1S/C19H19NO5/c1-22-16-9-14(10-17(23-2)18(16)24-3)20-19(21)13-8-12-6-4-5-7-15(12)25-11-13/h4-10H,11H2,1-3H3,(H,20,21). The predicted octanol–water partition coefficient (Wildman–Crippen LogP) is 3.13. The van der Waals surface area contributed by atoms with Crippen LogP contribution in [0.2, 0.25) is 0 Å². The Kier molecular flexibility index (Phi) is 4.79. The lowest BCUT2D eigenvalue weighted by molar-refractivity contribution is -0.113. The molecule has 2 aromatic carbocycles. The molecule has 130 valence electrons. The number of nitrogens with one attached hydrogen (secondary N) is 1. The fraction of sp³-hybridized carbons (Fsp3) is 0.211. The molecule has 6 nitrogen and oxygen atoms in total. The number of anilines is 1. The van der Waals surface area contributed by atoms with Gasteiger partial charge in [-0.15, -0.1) is 0 Å². The summed E-state index contributed by atoms with van der Waals surface area (Å²) in [6.07, 6.45) is 1.83. The van der Waals surface area contributed by atoms with Gasteiger partial charge in [-0.1, -0.05) is 18.2 Å². The van der Waals surface area contributed by atoms with Gasteiger partial charge in [0.25, 0.3) is 5.91 Å². The van der Waals surface area contributed by atoms with Gasteiger partial charge in [-0.2, -0.15) is 0 Å². The molecule has 1 amide bonds. The van der Waals surface area contributed by atoms with Crippen LogP contribution in [0.1, 0.15) is 5.56 Å². The van der Waals surface area contributed by atoms with E-state index in [0.717, 1.165) is 11.3 Å². The van der Waals surface area contributed by atoms with Gasteiger partial charge in [-0.25, -0.2) is 0 Å². The number of rotatable bonds is 5. The van der Waals surface area contributed by atoms with E-state index in [0.29, 0.717) is 28.5 Å². The third-order valence-corrected chi connectivity index (χ3v) is 3.85. The van der Waals surface area contributed by atoms with Crippen molar-refractivity contribution in [1.29, 1.82) is 0 Å². The number of fused-ring (bicyclic) bond motifs is 1. The second kappa shape index (κ2) is 7.17. The highest BCUT2D eigenvalue weighted by atomic mass is 16.5. The van der Waals surface area contributed by atoms with E-state index in [9.17, 15) is 4.79 Å². The Hall–Kier alpha value is -3.15. The van der Waals surface area contributed by atoms with Crippen LogP contribution < -0.4 is 24.3 Å². The highest BCUT2D eigenvalue weighted by Gasteiger charge is 2.19.